The Morgan fingerprint density at radius 3 is 2.95 bits per heavy atom. The Morgan fingerprint density at radius 2 is 2.14 bits per heavy atom. The van der Waals surface area contributed by atoms with E-state index >= 15 is 0 Å². The Bertz CT molecular complexity index is 591. The van der Waals surface area contributed by atoms with Crippen LogP contribution in [0.25, 0.3) is 0 Å². The van der Waals surface area contributed by atoms with Crippen LogP contribution in [0.2, 0.25) is 0 Å². The first-order valence-corrected chi connectivity index (χ1v) is 8.31. The van der Waals surface area contributed by atoms with E-state index in [1.807, 2.05) is 0 Å². The lowest BCUT2D eigenvalue weighted by Gasteiger charge is -2.35. The summed E-state index contributed by atoms with van der Waals surface area (Å²) in [4.78, 5) is 25.5. The van der Waals surface area contributed by atoms with E-state index in [1.54, 1.807) is 34.9 Å². The predicted molar refractivity (Wildman–Crippen MR) is 81.8 cm³/mol. The summed E-state index contributed by atoms with van der Waals surface area (Å²) >= 11 is 1.68. The second-order valence-electron chi connectivity index (χ2n) is 5.15. The van der Waals surface area contributed by atoms with E-state index in [1.165, 1.54) is 0 Å². The van der Waals surface area contributed by atoms with Gasteiger partial charge in [-0.25, -0.2) is 0 Å². The molecule has 3 rings (SSSR count). The summed E-state index contributed by atoms with van der Waals surface area (Å²) in [6.45, 7) is 1.42. The average Bonchev–Trinajstić information content (AvgIpc) is 2.54. The Hall–Kier alpha value is -1.89. The van der Waals surface area contributed by atoms with Gasteiger partial charge >= 0.3 is 5.97 Å². The molecule has 1 aromatic rings. The normalized spacial score (nSPS) is 20.5. The van der Waals surface area contributed by atoms with Gasteiger partial charge in [0.2, 0.25) is 0 Å². The molecule has 22 heavy (non-hydrogen) atoms. The number of hydrogen-bond acceptors (Lipinski definition) is 5. The topological polar surface area (TPSA) is 76.1 Å². The van der Waals surface area contributed by atoms with Gasteiger partial charge in [0.1, 0.15) is 13.2 Å². The smallest absolute Gasteiger partial charge is 0.305 e. The van der Waals surface area contributed by atoms with Crippen LogP contribution >= 0.6 is 11.8 Å². The average molecular weight is 323 g/mol. The van der Waals surface area contributed by atoms with Crippen molar-refractivity contribution >= 4 is 23.6 Å². The van der Waals surface area contributed by atoms with Gasteiger partial charge in [0.05, 0.1) is 18.0 Å². The van der Waals surface area contributed by atoms with Gasteiger partial charge in [0.25, 0.3) is 5.91 Å². The summed E-state index contributed by atoms with van der Waals surface area (Å²) in [5, 5.41) is 9.04. The van der Waals surface area contributed by atoms with E-state index < -0.39 is 5.97 Å². The number of benzene rings is 1. The van der Waals surface area contributed by atoms with Crippen LogP contribution in [-0.2, 0) is 4.79 Å². The molecule has 0 aliphatic carbocycles. The zero-order valence-electron chi connectivity index (χ0n) is 12.0. The summed E-state index contributed by atoms with van der Waals surface area (Å²) in [6, 6.07) is 4.94. The number of hydrogen-bond donors (Lipinski definition) is 1. The fourth-order valence-corrected chi connectivity index (χ4v) is 3.75. The molecule has 0 radical (unpaired) electrons. The number of aliphatic carboxylic acids is 1. The summed E-state index contributed by atoms with van der Waals surface area (Å²) in [6.07, 6.45) is -0.0366. The second kappa shape index (κ2) is 6.48. The number of carboxylic acid groups (broad SMARTS) is 1. The van der Waals surface area contributed by atoms with Crippen molar-refractivity contribution in [3.05, 3.63) is 23.8 Å². The van der Waals surface area contributed by atoms with Gasteiger partial charge in [-0.1, -0.05) is 6.07 Å². The molecule has 2 aliphatic rings. The molecule has 6 nitrogen and oxygen atoms in total. The highest BCUT2D eigenvalue weighted by Gasteiger charge is 2.32. The maximum absolute atomic E-state index is 12.9. The van der Waals surface area contributed by atoms with Crippen LogP contribution in [0.15, 0.2) is 18.2 Å². The molecular weight excluding hydrogens is 306 g/mol. The maximum Gasteiger partial charge on any atom is 0.305 e. The number of ether oxygens (including phenoxy) is 2. The molecule has 1 saturated heterocycles. The van der Waals surface area contributed by atoms with E-state index in [-0.39, 0.29) is 18.4 Å². The number of nitrogens with zero attached hydrogens (tertiary/aromatic N) is 1. The zero-order chi connectivity index (χ0) is 15.5. The van der Waals surface area contributed by atoms with Crippen LogP contribution < -0.4 is 9.47 Å². The predicted octanol–water partition coefficient (Wildman–Crippen LogP) is 1.49. The third-order valence-electron chi connectivity index (χ3n) is 3.70. The molecule has 1 fully saturated rings. The van der Waals surface area contributed by atoms with E-state index in [0.717, 1.165) is 5.75 Å². The molecule has 1 atom stereocenters. The second-order valence-corrected chi connectivity index (χ2v) is 6.30. The first kappa shape index (κ1) is 15.0. The molecule has 1 unspecified atom stereocenters. The minimum atomic E-state index is -0.889. The lowest BCUT2D eigenvalue weighted by Crippen LogP contribution is -2.47. The number of carbonyl (C=O) groups excluding carboxylic acids is 1. The highest BCUT2D eigenvalue weighted by atomic mass is 32.2. The van der Waals surface area contributed by atoms with E-state index in [9.17, 15) is 9.59 Å². The van der Waals surface area contributed by atoms with Crippen LogP contribution in [0.4, 0.5) is 0 Å². The van der Waals surface area contributed by atoms with Crippen molar-refractivity contribution in [2.24, 2.45) is 0 Å². The minimum Gasteiger partial charge on any atom is -0.486 e. The van der Waals surface area contributed by atoms with Crippen LogP contribution in [0.5, 0.6) is 11.5 Å². The Balaban J connectivity index is 1.87. The van der Waals surface area contributed by atoms with Gasteiger partial charge in [0.15, 0.2) is 11.5 Å². The Labute approximate surface area is 132 Å². The van der Waals surface area contributed by atoms with Gasteiger partial charge in [0, 0.05) is 18.1 Å². The maximum atomic E-state index is 12.9. The molecule has 0 saturated carbocycles. The number of carboxylic acids is 1. The lowest BCUT2D eigenvalue weighted by molar-refractivity contribution is -0.138. The summed E-state index contributed by atoms with van der Waals surface area (Å²) in [7, 11) is 0. The van der Waals surface area contributed by atoms with Crippen molar-refractivity contribution in [1.29, 1.82) is 0 Å². The molecule has 1 amide bonds. The van der Waals surface area contributed by atoms with Crippen LogP contribution in [0.1, 0.15) is 16.8 Å². The third-order valence-corrected chi connectivity index (χ3v) is 4.79. The van der Waals surface area contributed by atoms with Gasteiger partial charge in [-0.3, -0.25) is 9.59 Å². The summed E-state index contributed by atoms with van der Waals surface area (Å²) in [5.74, 6) is 1.41. The number of para-hydroxylation sites is 1. The number of amides is 1. The standard InChI is InChI=1S/C15H17NO5S/c17-13(18)8-10-9-22-7-4-16(10)15(19)11-2-1-3-12-14(11)21-6-5-20-12/h1-3,10H,4-9H2,(H,17,18). The molecule has 1 aromatic carbocycles. The highest BCUT2D eigenvalue weighted by Crippen LogP contribution is 2.35. The SMILES string of the molecule is O=C(O)CC1CSCCN1C(=O)c1cccc2c1OCCO2. The van der Waals surface area contributed by atoms with Crippen molar-refractivity contribution in [1.82, 2.24) is 4.90 Å². The van der Waals surface area contributed by atoms with Gasteiger partial charge < -0.3 is 19.5 Å². The third kappa shape index (κ3) is 2.99. The van der Waals surface area contributed by atoms with Crippen molar-refractivity contribution in [2.75, 3.05) is 31.3 Å². The molecule has 1 N–H and O–H groups in total. The van der Waals surface area contributed by atoms with Crippen LogP contribution in [-0.4, -0.2) is 59.2 Å². The van der Waals surface area contributed by atoms with Gasteiger partial charge in [-0.2, -0.15) is 11.8 Å². The molecule has 0 bridgehead atoms. The van der Waals surface area contributed by atoms with Gasteiger partial charge in [-0.15, -0.1) is 0 Å². The Kier molecular flexibility index (Phi) is 4.42. The molecule has 7 heteroatoms. The number of thioether (sulfide) groups is 1. The summed E-state index contributed by atoms with van der Waals surface area (Å²) < 4.78 is 11.1. The van der Waals surface area contributed by atoms with E-state index in [2.05, 4.69) is 0 Å². The van der Waals surface area contributed by atoms with Crippen LogP contribution in [0, 0.1) is 0 Å². The molecule has 2 heterocycles. The van der Waals surface area contributed by atoms with Gasteiger partial charge in [-0.05, 0) is 12.1 Å². The molecule has 118 valence electrons. The largest absolute Gasteiger partial charge is 0.486 e. The number of rotatable bonds is 3. The van der Waals surface area contributed by atoms with E-state index in [4.69, 9.17) is 14.6 Å². The number of carbonyl (C=O) groups is 2. The quantitative estimate of drug-likeness (QED) is 0.908. The number of fused-ring (bicyclic) bond motifs is 1. The molecule has 0 aromatic heterocycles. The summed E-state index contributed by atoms with van der Waals surface area (Å²) in [5.41, 5.74) is 0.444. The first-order valence-electron chi connectivity index (χ1n) is 7.16. The lowest BCUT2D eigenvalue weighted by atomic mass is 10.1. The zero-order valence-corrected chi connectivity index (χ0v) is 12.8. The van der Waals surface area contributed by atoms with Crippen molar-refractivity contribution in [2.45, 2.75) is 12.5 Å². The molecule has 0 spiro atoms. The fourth-order valence-electron chi connectivity index (χ4n) is 2.69. The fraction of sp³-hybridized carbons (Fsp3) is 0.467. The van der Waals surface area contributed by atoms with Crippen molar-refractivity contribution < 1.29 is 24.2 Å². The highest BCUT2D eigenvalue weighted by molar-refractivity contribution is 7.99. The van der Waals surface area contributed by atoms with Crippen molar-refractivity contribution in [3.8, 4) is 11.5 Å². The first-order chi connectivity index (χ1) is 10.7. The molecule has 2 aliphatic heterocycles. The van der Waals surface area contributed by atoms with Crippen LogP contribution in [0.3, 0.4) is 0 Å². The van der Waals surface area contributed by atoms with Crippen molar-refractivity contribution in [3.63, 3.8) is 0 Å². The molecular formula is C15H17NO5S. The van der Waals surface area contributed by atoms with E-state index in [0.29, 0.717) is 42.6 Å². The Morgan fingerprint density at radius 1 is 1.32 bits per heavy atom. The monoisotopic (exact) mass is 323 g/mol. The minimum absolute atomic E-state index is 0.0366.